The molecule has 2 nitrogen and oxygen atoms in total. The molecule has 300 valence electrons. The summed E-state index contributed by atoms with van der Waals surface area (Å²) in [4.78, 5) is 2.50. The number of fused-ring (bicyclic) bond motifs is 6. The van der Waals surface area contributed by atoms with Crippen LogP contribution in [-0.4, -0.2) is 4.57 Å². The minimum absolute atomic E-state index is 1.08. The maximum atomic E-state index is 2.50. The molecule has 0 bridgehead atoms. The van der Waals surface area contributed by atoms with E-state index in [0.29, 0.717) is 0 Å². The summed E-state index contributed by atoms with van der Waals surface area (Å²) in [5, 5.41) is 7.36. The molecule has 0 unspecified atom stereocenters. The van der Waals surface area contributed by atoms with Crippen LogP contribution in [0.3, 0.4) is 0 Å². The quantitative estimate of drug-likeness (QED) is 0.139. The smallest absolute Gasteiger partial charge is 0.0547 e. The summed E-state index contributed by atoms with van der Waals surface area (Å²) < 4.78 is 2.41. The molecule has 0 spiro atoms. The van der Waals surface area contributed by atoms with Crippen molar-refractivity contribution < 1.29 is 0 Å². The summed E-state index contributed by atoms with van der Waals surface area (Å²) in [5.41, 5.74) is 16.3. The van der Waals surface area contributed by atoms with Gasteiger partial charge in [-0.15, -0.1) is 0 Å². The van der Waals surface area contributed by atoms with E-state index >= 15 is 0 Å². The number of benzene rings is 11. The summed E-state index contributed by atoms with van der Waals surface area (Å²) in [6.45, 7) is 0. The molecule has 0 aliphatic rings. The molecule has 11 aromatic carbocycles. The van der Waals surface area contributed by atoms with Gasteiger partial charge in [0, 0.05) is 33.3 Å². The standard InChI is InChI=1S/C62H42N2/c1-5-22-43(23-6-1)48-30-15-18-36-56(48)64(57-37-19-16-32-51(57)53-35-21-39-59-62(53)54-34-17-20-38-58(54)63(59)46-28-11-4-12-29-46)47-40-41-50-49-31-13-14-33-52(49)60(44-24-7-2-8-25-44)61(55(50)42-47)45-26-9-3-10-27-45/h1-42H. The van der Waals surface area contributed by atoms with Crippen LogP contribution in [-0.2, 0) is 0 Å². The Morgan fingerprint density at radius 1 is 0.281 bits per heavy atom. The van der Waals surface area contributed by atoms with Gasteiger partial charge in [0.2, 0.25) is 0 Å². The highest BCUT2D eigenvalue weighted by Gasteiger charge is 2.25. The second-order valence-corrected chi connectivity index (χ2v) is 16.4. The van der Waals surface area contributed by atoms with Gasteiger partial charge in [0.25, 0.3) is 0 Å². The second kappa shape index (κ2) is 15.8. The van der Waals surface area contributed by atoms with Crippen LogP contribution in [0.1, 0.15) is 0 Å². The van der Waals surface area contributed by atoms with E-state index in [2.05, 4.69) is 264 Å². The molecule has 0 aliphatic heterocycles. The van der Waals surface area contributed by atoms with Crippen molar-refractivity contribution in [3.63, 3.8) is 0 Å². The molecule has 0 saturated carbocycles. The molecule has 0 atom stereocenters. The highest BCUT2D eigenvalue weighted by atomic mass is 15.1. The van der Waals surface area contributed by atoms with E-state index in [-0.39, 0.29) is 0 Å². The molecule has 0 radical (unpaired) electrons. The van der Waals surface area contributed by atoms with E-state index in [1.807, 2.05) is 0 Å². The minimum atomic E-state index is 1.08. The molecule has 12 rings (SSSR count). The van der Waals surface area contributed by atoms with Crippen molar-refractivity contribution in [3.8, 4) is 50.2 Å². The normalized spacial score (nSPS) is 11.4. The largest absolute Gasteiger partial charge is 0.309 e. The van der Waals surface area contributed by atoms with Gasteiger partial charge in [-0.05, 0) is 103 Å². The Labute approximate surface area is 373 Å². The lowest BCUT2D eigenvalue weighted by molar-refractivity contribution is 1.18. The third-order valence-electron chi connectivity index (χ3n) is 12.8. The van der Waals surface area contributed by atoms with Crippen molar-refractivity contribution in [3.05, 3.63) is 255 Å². The van der Waals surface area contributed by atoms with Crippen LogP contribution >= 0.6 is 0 Å². The number of hydrogen-bond acceptors (Lipinski definition) is 1. The fraction of sp³-hybridized carbons (Fsp3) is 0. The Morgan fingerprint density at radius 2 is 0.750 bits per heavy atom. The maximum absolute atomic E-state index is 2.50. The zero-order valence-corrected chi connectivity index (χ0v) is 35.1. The zero-order chi connectivity index (χ0) is 42.4. The monoisotopic (exact) mass is 814 g/mol. The van der Waals surface area contributed by atoms with Crippen LogP contribution < -0.4 is 4.90 Å². The molecule has 0 N–H and O–H groups in total. The lowest BCUT2D eigenvalue weighted by Crippen LogP contribution is -2.12. The van der Waals surface area contributed by atoms with Gasteiger partial charge in [-0.25, -0.2) is 0 Å². The second-order valence-electron chi connectivity index (χ2n) is 16.4. The SMILES string of the molecule is c1ccc(-c2ccccc2N(c2ccc3c(c2)c(-c2ccccc2)c(-c2ccccc2)c2ccccc23)c2ccccc2-c2cccc3c2c2ccccc2n3-c2ccccc2)cc1. The number of para-hydroxylation sites is 4. The van der Waals surface area contributed by atoms with Crippen molar-refractivity contribution >= 4 is 60.4 Å². The number of nitrogens with zero attached hydrogens (tertiary/aromatic N) is 2. The Hall–Kier alpha value is -8.46. The van der Waals surface area contributed by atoms with Gasteiger partial charge < -0.3 is 9.47 Å². The summed E-state index contributed by atoms with van der Waals surface area (Å²) in [6, 6.07) is 92.8. The lowest BCUT2D eigenvalue weighted by Gasteiger charge is -2.31. The van der Waals surface area contributed by atoms with E-state index in [0.717, 1.165) is 39.4 Å². The van der Waals surface area contributed by atoms with Crippen LogP contribution in [0.4, 0.5) is 17.1 Å². The molecule has 64 heavy (non-hydrogen) atoms. The first-order chi connectivity index (χ1) is 31.8. The predicted molar refractivity (Wildman–Crippen MR) is 272 cm³/mol. The molecule has 0 amide bonds. The Kier molecular flexibility index (Phi) is 9.20. The third kappa shape index (κ3) is 6.19. The Balaban J connectivity index is 1.18. The first-order valence-corrected chi connectivity index (χ1v) is 22.0. The summed E-state index contributed by atoms with van der Waals surface area (Å²) in [5.74, 6) is 0. The Morgan fingerprint density at radius 3 is 1.44 bits per heavy atom. The molecule has 2 heteroatoms. The molecule has 1 heterocycles. The number of aromatic nitrogens is 1. The van der Waals surface area contributed by atoms with E-state index in [9.17, 15) is 0 Å². The van der Waals surface area contributed by atoms with Gasteiger partial charge in [-0.3, -0.25) is 0 Å². The van der Waals surface area contributed by atoms with Crippen molar-refractivity contribution in [2.45, 2.75) is 0 Å². The molecule has 0 aliphatic carbocycles. The van der Waals surface area contributed by atoms with Crippen LogP contribution in [0.25, 0.3) is 93.5 Å². The van der Waals surface area contributed by atoms with Crippen molar-refractivity contribution in [1.29, 1.82) is 0 Å². The van der Waals surface area contributed by atoms with E-state index in [1.165, 1.54) is 71.2 Å². The van der Waals surface area contributed by atoms with E-state index in [1.54, 1.807) is 0 Å². The zero-order valence-electron chi connectivity index (χ0n) is 35.1. The van der Waals surface area contributed by atoms with Crippen LogP contribution in [0.15, 0.2) is 255 Å². The first kappa shape index (κ1) is 37.3. The first-order valence-electron chi connectivity index (χ1n) is 22.0. The fourth-order valence-electron chi connectivity index (χ4n) is 10.1. The molecule has 1 aromatic heterocycles. The van der Waals surface area contributed by atoms with Crippen molar-refractivity contribution in [2.24, 2.45) is 0 Å². The molecular formula is C62H42N2. The minimum Gasteiger partial charge on any atom is -0.309 e. The van der Waals surface area contributed by atoms with Gasteiger partial charge in [-0.2, -0.15) is 0 Å². The van der Waals surface area contributed by atoms with E-state index in [4.69, 9.17) is 0 Å². The topological polar surface area (TPSA) is 8.17 Å². The molecule has 0 fully saturated rings. The van der Waals surface area contributed by atoms with Gasteiger partial charge in [0.05, 0.1) is 22.4 Å². The highest BCUT2D eigenvalue weighted by molar-refractivity contribution is 6.23. The summed E-state index contributed by atoms with van der Waals surface area (Å²) in [6.07, 6.45) is 0. The summed E-state index contributed by atoms with van der Waals surface area (Å²) in [7, 11) is 0. The van der Waals surface area contributed by atoms with Crippen LogP contribution in [0, 0.1) is 0 Å². The van der Waals surface area contributed by atoms with Gasteiger partial charge in [0.1, 0.15) is 0 Å². The third-order valence-corrected chi connectivity index (χ3v) is 12.8. The molecular weight excluding hydrogens is 773 g/mol. The fourth-order valence-corrected chi connectivity index (χ4v) is 10.1. The molecule has 0 saturated heterocycles. The average Bonchev–Trinajstić information content (AvgIpc) is 3.72. The van der Waals surface area contributed by atoms with Gasteiger partial charge >= 0.3 is 0 Å². The Bertz CT molecular complexity index is 3650. The summed E-state index contributed by atoms with van der Waals surface area (Å²) >= 11 is 0. The highest BCUT2D eigenvalue weighted by Crippen LogP contribution is 2.50. The van der Waals surface area contributed by atoms with Gasteiger partial charge in [-0.1, -0.05) is 206 Å². The molecule has 12 aromatic rings. The maximum Gasteiger partial charge on any atom is 0.0547 e. The van der Waals surface area contributed by atoms with Crippen molar-refractivity contribution in [2.75, 3.05) is 4.90 Å². The van der Waals surface area contributed by atoms with Gasteiger partial charge in [0.15, 0.2) is 0 Å². The number of rotatable bonds is 8. The number of anilines is 3. The predicted octanol–water partition coefficient (Wildman–Crippen LogP) is 17.2. The number of hydrogen-bond donors (Lipinski definition) is 0. The average molecular weight is 815 g/mol. The van der Waals surface area contributed by atoms with Crippen LogP contribution in [0.2, 0.25) is 0 Å². The van der Waals surface area contributed by atoms with Crippen LogP contribution in [0.5, 0.6) is 0 Å². The lowest BCUT2D eigenvalue weighted by atomic mass is 9.84. The van der Waals surface area contributed by atoms with E-state index < -0.39 is 0 Å². The van der Waals surface area contributed by atoms with Crippen molar-refractivity contribution in [1.82, 2.24) is 4.57 Å².